The number of nitrogens with zero attached hydrogens (tertiary/aromatic N) is 1. The molecule has 0 aliphatic carbocycles. The van der Waals surface area contributed by atoms with Gasteiger partial charge in [-0.2, -0.15) is 0 Å². The summed E-state index contributed by atoms with van der Waals surface area (Å²) in [5.41, 5.74) is 6.04. The number of carbonyl (C=O) groups is 1. The SMILES string of the molecule is COC(=O)c1ccc(C(O)CN)nc1. The number of ether oxygens (including phenoxy) is 1. The zero-order valence-corrected chi connectivity index (χ0v) is 7.80. The summed E-state index contributed by atoms with van der Waals surface area (Å²) in [6, 6.07) is 3.08. The van der Waals surface area contributed by atoms with Crippen LogP contribution in [0.15, 0.2) is 18.3 Å². The van der Waals surface area contributed by atoms with Gasteiger partial charge in [-0.15, -0.1) is 0 Å². The lowest BCUT2D eigenvalue weighted by Gasteiger charge is -2.06. The van der Waals surface area contributed by atoms with Gasteiger partial charge in [-0.05, 0) is 12.1 Å². The first kappa shape index (κ1) is 10.6. The predicted molar refractivity (Wildman–Crippen MR) is 49.6 cm³/mol. The molecule has 14 heavy (non-hydrogen) atoms. The Hall–Kier alpha value is -1.46. The first-order chi connectivity index (χ1) is 6.69. The number of nitrogens with two attached hydrogens (primary N) is 1. The molecule has 0 bridgehead atoms. The smallest absolute Gasteiger partial charge is 0.339 e. The van der Waals surface area contributed by atoms with Gasteiger partial charge in [-0.1, -0.05) is 0 Å². The Labute approximate surface area is 81.5 Å². The number of aliphatic hydroxyl groups is 1. The van der Waals surface area contributed by atoms with E-state index in [0.29, 0.717) is 11.3 Å². The van der Waals surface area contributed by atoms with Crippen molar-refractivity contribution in [1.82, 2.24) is 4.98 Å². The minimum absolute atomic E-state index is 0.102. The van der Waals surface area contributed by atoms with Crippen LogP contribution >= 0.6 is 0 Å². The van der Waals surface area contributed by atoms with Crippen molar-refractivity contribution in [1.29, 1.82) is 0 Å². The number of methoxy groups -OCH3 is 1. The van der Waals surface area contributed by atoms with Crippen molar-refractivity contribution in [3.05, 3.63) is 29.6 Å². The van der Waals surface area contributed by atoms with Gasteiger partial charge in [0.05, 0.1) is 18.4 Å². The van der Waals surface area contributed by atoms with Gasteiger partial charge in [0, 0.05) is 12.7 Å². The van der Waals surface area contributed by atoms with Crippen molar-refractivity contribution in [3.8, 4) is 0 Å². The van der Waals surface area contributed by atoms with Crippen molar-refractivity contribution in [2.24, 2.45) is 5.73 Å². The second-order valence-electron chi connectivity index (χ2n) is 2.71. The van der Waals surface area contributed by atoms with E-state index in [9.17, 15) is 9.90 Å². The largest absolute Gasteiger partial charge is 0.465 e. The zero-order chi connectivity index (χ0) is 10.6. The van der Waals surface area contributed by atoms with Crippen molar-refractivity contribution in [2.75, 3.05) is 13.7 Å². The summed E-state index contributed by atoms with van der Waals surface area (Å²) in [6.45, 7) is 0.102. The molecule has 5 heteroatoms. The molecule has 0 amide bonds. The fraction of sp³-hybridized carbons (Fsp3) is 0.333. The second-order valence-corrected chi connectivity index (χ2v) is 2.71. The summed E-state index contributed by atoms with van der Waals surface area (Å²) in [7, 11) is 1.30. The molecule has 0 aliphatic rings. The lowest BCUT2D eigenvalue weighted by molar-refractivity contribution is 0.0600. The maximum Gasteiger partial charge on any atom is 0.339 e. The maximum absolute atomic E-state index is 11.0. The molecule has 1 heterocycles. The molecule has 1 aromatic rings. The third kappa shape index (κ3) is 2.27. The fourth-order valence-corrected chi connectivity index (χ4v) is 0.962. The highest BCUT2D eigenvalue weighted by molar-refractivity contribution is 5.88. The molecule has 3 N–H and O–H groups in total. The molecule has 0 aliphatic heterocycles. The predicted octanol–water partition coefficient (Wildman–Crippen LogP) is -0.140. The van der Waals surface area contributed by atoms with Gasteiger partial charge in [-0.25, -0.2) is 4.79 Å². The van der Waals surface area contributed by atoms with E-state index in [-0.39, 0.29) is 6.54 Å². The van der Waals surface area contributed by atoms with Crippen molar-refractivity contribution < 1.29 is 14.6 Å². The van der Waals surface area contributed by atoms with E-state index in [2.05, 4.69) is 9.72 Å². The van der Waals surface area contributed by atoms with E-state index >= 15 is 0 Å². The molecule has 0 fully saturated rings. The summed E-state index contributed by atoms with van der Waals surface area (Å²) in [5, 5.41) is 9.31. The van der Waals surface area contributed by atoms with E-state index in [1.807, 2.05) is 0 Å². The first-order valence-electron chi connectivity index (χ1n) is 4.11. The maximum atomic E-state index is 11.0. The molecule has 5 nitrogen and oxygen atoms in total. The third-order valence-corrected chi connectivity index (χ3v) is 1.77. The van der Waals surface area contributed by atoms with Crippen LogP contribution in [0.5, 0.6) is 0 Å². The van der Waals surface area contributed by atoms with Crippen LogP contribution in [0.25, 0.3) is 0 Å². The first-order valence-corrected chi connectivity index (χ1v) is 4.11. The highest BCUT2D eigenvalue weighted by atomic mass is 16.5. The number of rotatable bonds is 3. The van der Waals surface area contributed by atoms with Crippen molar-refractivity contribution in [2.45, 2.75) is 6.10 Å². The molecule has 1 unspecified atom stereocenters. The Morgan fingerprint density at radius 3 is 2.86 bits per heavy atom. The fourth-order valence-electron chi connectivity index (χ4n) is 0.962. The Morgan fingerprint density at radius 2 is 2.43 bits per heavy atom. The Balaban J connectivity index is 2.83. The van der Waals surface area contributed by atoms with Crippen LogP contribution in [0.2, 0.25) is 0 Å². The van der Waals surface area contributed by atoms with Gasteiger partial charge in [0.1, 0.15) is 6.10 Å². The number of esters is 1. The number of carbonyl (C=O) groups excluding carboxylic acids is 1. The monoisotopic (exact) mass is 196 g/mol. The Morgan fingerprint density at radius 1 is 1.71 bits per heavy atom. The Kier molecular flexibility index (Phi) is 3.55. The molecule has 0 radical (unpaired) electrons. The quantitative estimate of drug-likeness (QED) is 0.657. The molecule has 1 atom stereocenters. The number of hydrogen-bond acceptors (Lipinski definition) is 5. The molecular formula is C9H12N2O3. The topological polar surface area (TPSA) is 85.4 Å². The summed E-state index contributed by atoms with van der Waals surface area (Å²) in [5.74, 6) is -0.453. The summed E-state index contributed by atoms with van der Waals surface area (Å²) < 4.78 is 4.50. The Bertz CT molecular complexity index is 310. The van der Waals surface area contributed by atoms with E-state index in [1.165, 1.54) is 19.4 Å². The average Bonchev–Trinajstić information content (AvgIpc) is 2.27. The van der Waals surface area contributed by atoms with Crippen LogP contribution < -0.4 is 5.73 Å². The molecule has 1 aromatic heterocycles. The second kappa shape index (κ2) is 4.69. The van der Waals surface area contributed by atoms with Gasteiger partial charge in [-0.3, -0.25) is 4.98 Å². The van der Waals surface area contributed by atoms with E-state index < -0.39 is 12.1 Å². The van der Waals surface area contributed by atoms with E-state index in [1.54, 1.807) is 6.07 Å². The van der Waals surface area contributed by atoms with E-state index in [0.717, 1.165) is 0 Å². The van der Waals surface area contributed by atoms with Crippen molar-refractivity contribution in [3.63, 3.8) is 0 Å². The minimum atomic E-state index is -0.790. The van der Waals surface area contributed by atoms with Gasteiger partial charge in [0.25, 0.3) is 0 Å². The summed E-state index contributed by atoms with van der Waals surface area (Å²) in [6.07, 6.45) is 0.557. The van der Waals surface area contributed by atoms with Gasteiger partial charge in [0.2, 0.25) is 0 Å². The minimum Gasteiger partial charge on any atom is -0.465 e. The molecule has 1 rings (SSSR count). The lowest BCUT2D eigenvalue weighted by Crippen LogP contribution is -2.13. The van der Waals surface area contributed by atoms with Crippen LogP contribution in [0.4, 0.5) is 0 Å². The summed E-state index contributed by atoms with van der Waals surface area (Å²) >= 11 is 0. The summed E-state index contributed by atoms with van der Waals surface area (Å²) in [4.78, 5) is 14.9. The molecular weight excluding hydrogens is 184 g/mol. The normalized spacial score (nSPS) is 12.2. The van der Waals surface area contributed by atoms with E-state index in [4.69, 9.17) is 5.73 Å². The number of aliphatic hydroxyl groups excluding tert-OH is 1. The van der Waals surface area contributed by atoms with Gasteiger partial charge < -0.3 is 15.6 Å². The van der Waals surface area contributed by atoms with Crippen LogP contribution in [-0.2, 0) is 4.74 Å². The third-order valence-electron chi connectivity index (χ3n) is 1.77. The van der Waals surface area contributed by atoms with Gasteiger partial charge >= 0.3 is 5.97 Å². The van der Waals surface area contributed by atoms with Crippen LogP contribution in [-0.4, -0.2) is 29.7 Å². The van der Waals surface area contributed by atoms with Gasteiger partial charge in [0.15, 0.2) is 0 Å². The molecule has 0 spiro atoms. The highest BCUT2D eigenvalue weighted by Crippen LogP contribution is 2.09. The number of aromatic nitrogens is 1. The van der Waals surface area contributed by atoms with Crippen LogP contribution in [0.3, 0.4) is 0 Å². The molecule has 0 saturated carbocycles. The molecule has 0 saturated heterocycles. The van der Waals surface area contributed by atoms with Crippen LogP contribution in [0, 0.1) is 0 Å². The standard InChI is InChI=1S/C9H12N2O3/c1-14-9(13)6-2-3-7(11-5-6)8(12)4-10/h2-3,5,8,12H,4,10H2,1H3. The lowest BCUT2D eigenvalue weighted by atomic mass is 10.2. The van der Waals surface area contributed by atoms with Crippen LogP contribution in [0.1, 0.15) is 22.2 Å². The highest BCUT2D eigenvalue weighted by Gasteiger charge is 2.09. The number of pyridine rings is 1. The number of hydrogen-bond donors (Lipinski definition) is 2. The molecule has 0 aromatic carbocycles. The molecule has 76 valence electrons. The zero-order valence-electron chi connectivity index (χ0n) is 7.80. The van der Waals surface area contributed by atoms with Crippen molar-refractivity contribution >= 4 is 5.97 Å². The average molecular weight is 196 g/mol.